The van der Waals surface area contributed by atoms with Crippen molar-refractivity contribution in [3.63, 3.8) is 0 Å². The number of hydrogen-bond acceptors (Lipinski definition) is 6. The highest BCUT2D eigenvalue weighted by atomic mass is 16.5. The van der Waals surface area contributed by atoms with Crippen molar-refractivity contribution < 1.29 is 9.47 Å². The minimum Gasteiger partial charge on any atom is -0.497 e. The van der Waals surface area contributed by atoms with Crippen LogP contribution in [0.1, 0.15) is 36.6 Å². The zero-order chi connectivity index (χ0) is 18.8. The van der Waals surface area contributed by atoms with E-state index in [0.717, 1.165) is 23.5 Å². The zero-order valence-electron chi connectivity index (χ0n) is 15.4. The van der Waals surface area contributed by atoms with Crippen molar-refractivity contribution >= 4 is 11.9 Å². The number of nitrogens with one attached hydrogen (secondary N) is 1. The Morgan fingerprint density at radius 3 is 2.41 bits per heavy atom. The standard InChI is InChI=1S/C20H23N5O2/c1-3-27-16-10-4-13(5-11-16)17-12-18(14-6-8-15(26-2)9-7-14)25-20(22-17)23-19(21)24-25/h4-11,17-18H,3,12H2,1-2H3,(H3,21,22,23,24)/t17-,18-/m1/s1. The molecule has 0 amide bonds. The van der Waals surface area contributed by atoms with Gasteiger partial charge < -0.3 is 20.5 Å². The molecule has 2 atom stereocenters. The molecule has 0 unspecified atom stereocenters. The predicted octanol–water partition coefficient (Wildman–Crippen LogP) is 3.41. The Morgan fingerprint density at radius 1 is 1.07 bits per heavy atom. The highest BCUT2D eigenvalue weighted by Gasteiger charge is 2.30. The maximum atomic E-state index is 5.86. The summed E-state index contributed by atoms with van der Waals surface area (Å²) in [5.74, 6) is 2.65. The molecule has 7 heteroatoms. The van der Waals surface area contributed by atoms with E-state index in [0.29, 0.717) is 12.6 Å². The third-order valence-corrected chi connectivity index (χ3v) is 4.80. The molecule has 4 rings (SSSR count). The molecule has 0 saturated heterocycles. The number of aromatic nitrogens is 3. The lowest BCUT2D eigenvalue weighted by Gasteiger charge is -2.31. The van der Waals surface area contributed by atoms with E-state index < -0.39 is 0 Å². The Labute approximate surface area is 158 Å². The van der Waals surface area contributed by atoms with Gasteiger partial charge in [0.25, 0.3) is 0 Å². The predicted molar refractivity (Wildman–Crippen MR) is 104 cm³/mol. The van der Waals surface area contributed by atoms with Crippen LogP contribution in [0.5, 0.6) is 11.5 Å². The second kappa shape index (κ2) is 7.19. The van der Waals surface area contributed by atoms with Crippen molar-refractivity contribution in [1.29, 1.82) is 0 Å². The van der Waals surface area contributed by atoms with Gasteiger partial charge in [-0.15, -0.1) is 5.10 Å². The molecule has 0 fully saturated rings. The number of rotatable bonds is 5. The van der Waals surface area contributed by atoms with E-state index in [1.807, 2.05) is 35.9 Å². The van der Waals surface area contributed by atoms with Gasteiger partial charge in [0, 0.05) is 0 Å². The van der Waals surface area contributed by atoms with Crippen LogP contribution in [0.3, 0.4) is 0 Å². The number of fused-ring (bicyclic) bond motifs is 1. The lowest BCUT2D eigenvalue weighted by molar-refractivity contribution is 0.340. The first-order chi connectivity index (χ1) is 13.2. The zero-order valence-corrected chi connectivity index (χ0v) is 15.4. The fourth-order valence-corrected chi connectivity index (χ4v) is 3.48. The molecule has 140 valence electrons. The minimum atomic E-state index is 0.0357. The summed E-state index contributed by atoms with van der Waals surface area (Å²) in [7, 11) is 1.66. The molecule has 1 aliphatic heterocycles. The quantitative estimate of drug-likeness (QED) is 0.720. The summed E-state index contributed by atoms with van der Waals surface area (Å²) in [4.78, 5) is 4.35. The van der Waals surface area contributed by atoms with E-state index >= 15 is 0 Å². The van der Waals surface area contributed by atoms with Crippen molar-refractivity contribution in [2.24, 2.45) is 0 Å². The summed E-state index contributed by atoms with van der Waals surface area (Å²) < 4.78 is 12.7. The molecule has 3 aromatic rings. The molecule has 3 N–H and O–H groups in total. The van der Waals surface area contributed by atoms with E-state index in [1.165, 1.54) is 5.56 Å². The van der Waals surface area contributed by atoms with Gasteiger partial charge >= 0.3 is 0 Å². The number of hydrogen-bond donors (Lipinski definition) is 2. The number of methoxy groups -OCH3 is 1. The highest BCUT2D eigenvalue weighted by molar-refractivity contribution is 5.43. The number of nitrogen functional groups attached to an aromatic ring is 1. The first kappa shape index (κ1) is 17.2. The summed E-state index contributed by atoms with van der Waals surface area (Å²) in [5, 5.41) is 7.84. The number of ether oxygens (including phenoxy) is 2. The maximum absolute atomic E-state index is 5.86. The van der Waals surface area contributed by atoms with E-state index in [-0.39, 0.29) is 18.0 Å². The van der Waals surface area contributed by atoms with Crippen LogP contribution in [-0.2, 0) is 0 Å². The second-order valence-electron chi connectivity index (χ2n) is 6.46. The fraction of sp³-hybridized carbons (Fsp3) is 0.300. The molecule has 0 spiro atoms. The summed E-state index contributed by atoms with van der Waals surface area (Å²) in [6, 6.07) is 16.3. The minimum absolute atomic E-state index is 0.0357. The fourth-order valence-electron chi connectivity index (χ4n) is 3.48. The van der Waals surface area contributed by atoms with Crippen LogP contribution in [0.2, 0.25) is 0 Å². The second-order valence-corrected chi connectivity index (χ2v) is 6.46. The molecule has 0 saturated carbocycles. The Morgan fingerprint density at radius 2 is 1.74 bits per heavy atom. The van der Waals surface area contributed by atoms with Crippen molar-refractivity contribution in [1.82, 2.24) is 14.8 Å². The van der Waals surface area contributed by atoms with Gasteiger partial charge in [0.1, 0.15) is 11.5 Å². The van der Waals surface area contributed by atoms with Crippen LogP contribution >= 0.6 is 0 Å². The Kier molecular flexibility index (Phi) is 4.58. The van der Waals surface area contributed by atoms with Crippen LogP contribution in [-0.4, -0.2) is 28.5 Å². The number of nitrogens with two attached hydrogens (primary N) is 1. The smallest absolute Gasteiger partial charge is 0.241 e. The lowest BCUT2D eigenvalue weighted by atomic mass is 9.93. The maximum Gasteiger partial charge on any atom is 0.241 e. The van der Waals surface area contributed by atoms with Gasteiger partial charge in [-0.25, -0.2) is 4.68 Å². The number of benzene rings is 2. The molecule has 0 aliphatic carbocycles. The number of anilines is 2. The molecule has 1 aromatic heterocycles. The van der Waals surface area contributed by atoms with Crippen molar-refractivity contribution in [2.45, 2.75) is 25.4 Å². The normalized spacial score (nSPS) is 18.4. The van der Waals surface area contributed by atoms with Gasteiger partial charge in [-0.2, -0.15) is 4.98 Å². The summed E-state index contributed by atoms with van der Waals surface area (Å²) in [5.41, 5.74) is 8.17. The van der Waals surface area contributed by atoms with Crippen molar-refractivity contribution in [3.05, 3.63) is 59.7 Å². The molecule has 2 heterocycles. The number of nitrogens with zero attached hydrogens (tertiary/aromatic N) is 3. The third kappa shape index (κ3) is 3.40. The first-order valence-electron chi connectivity index (χ1n) is 9.03. The first-order valence-corrected chi connectivity index (χ1v) is 9.03. The SMILES string of the molecule is CCOc1ccc([C@H]2C[C@H](c3ccc(OC)cc3)n3nc(N)nc3N2)cc1. The molecular formula is C20H23N5O2. The lowest BCUT2D eigenvalue weighted by Crippen LogP contribution is -2.28. The topological polar surface area (TPSA) is 87.2 Å². The average Bonchev–Trinajstić information content (AvgIpc) is 3.08. The van der Waals surface area contributed by atoms with E-state index in [2.05, 4.69) is 39.7 Å². The van der Waals surface area contributed by atoms with Crippen LogP contribution in [0.15, 0.2) is 48.5 Å². The molecular weight excluding hydrogens is 342 g/mol. The van der Waals surface area contributed by atoms with Gasteiger partial charge in [-0.05, 0) is 48.7 Å². The molecule has 0 bridgehead atoms. The molecule has 0 radical (unpaired) electrons. The molecule has 1 aliphatic rings. The van der Waals surface area contributed by atoms with E-state index in [4.69, 9.17) is 15.2 Å². The van der Waals surface area contributed by atoms with Crippen molar-refractivity contribution in [3.8, 4) is 11.5 Å². The van der Waals surface area contributed by atoms with Gasteiger partial charge in [0.2, 0.25) is 11.9 Å². The van der Waals surface area contributed by atoms with E-state index in [9.17, 15) is 0 Å². The van der Waals surface area contributed by atoms with Crippen LogP contribution in [0.4, 0.5) is 11.9 Å². The highest BCUT2D eigenvalue weighted by Crippen LogP contribution is 2.38. The average molecular weight is 365 g/mol. The Balaban J connectivity index is 1.66. The van der Waals surface area contributed by atoms with Gasteiger partial charge in [-0.1, -0.05) is 24.3 Å². The van der Waals surface area contributed by atoms with Gasteiger partial charge in [0.15, 0.2) is 0 Å². The largest absolute Gasteiger partial charge is 0.497 e. The molecule has 7 nitrogen and oxygen atoms in total. The monoisotopic (exact) mass is 365 g/mol. The van der Waals surface area contributed by atoms with E-state index in [1.54, 1.807) is 7.11 Å². The third-order valence-electron chi connectivity index (χ3n) is 4.80. The van der Waals surface area contributed by atoms with Crippen LogP contribution in [0, 0.1) is 0 Å². The summed E-state index contributed by atoms with van der Waals surface area (Å²) >= 11 is 0. The summed E-state index contributed by atoms with van der Waals surface area (Å²) in [6.07, 6.45) is 0.829. The Hall–Kier alpha value is -3.22. The van der Waals surface area contributed by atoms with Crippen LogP contribution < -0.4 is 20.5 Å². The van der Waals surface area contributed by atoms with Gasteiger partial charge in [0.05, 0.1) is 25.8 Å². The van der Waals surface area contributed by atoms with Crippen molar-refractivity contribution in [2.75, 3.05) is 24.8 Å². The Bertz CT molecular complexity index is 905. The molecule has 2 aromatic carbocycles. The molecule has 27 heavy (non-hydrogen) atoms. The van der Waals surface area contributed by atoms with Crippen LogP contribution in [0.25, 0.3) is 0 Å². The summed E-state index contributed by atoms with van der Waals surface area (Å²) in [6.45, 7) is 2.64. The van der Waals surface area contributed by atoms with Gasteiger partial charge in [-0.3, -0.25) is 0 Å².